The first kappa shape index (κ1) is 16.9. The molecule has 0 aromatic heterocycles. The second kappa shape index (κ2) is 6.34. The van der Waals surface area contributed by atoms with Crippen LogP contribution in [-0.4, -0.2) is 20.0 Å². The predicted molar refractivity (Wildman–Crippen MR) is 88.4 cm³/mol. The predicted octanol–water partition coefficient (Wildman–Crippen LogP) is 3.20. The van der Waals surface area contributed by atoms with Crippen molar-refractivity contribution in [2.45, 2.75) is 25.7 Å². The molecule has 0 amide bonds. The Bertz CT molecular complexity index is 836. The molecule has 0 spiro atoms. The second-order valence-electron chi connectivity index (χ2n) is 5.33. The van der Waals surface area contributed by atoms with Gasteiger partial charge in [-0.1, -0.05) is 17.7 Å². The molecule has 0 bridgehead atoms. The van der Waals surface area contributed by atoms with Crippen molar-refractivity contribution in [3.63, 3.8) is 0 Å². The van der Waals surface area contributed by atoms with Crippen molar-refractivity contribution < 1.29 is 18.0 Å². The normalized spacial score (nSPS) is 11.1. The molecule has 0 atom stereocenters. The Morgan fingerprint density at radius 3 is 1.78 bits per heavy atom. The first-order valence-electron chi connectivity index (χ1n) is 6.95. The molecule has 0 fully saturated rings. The molecule has 2 rings (SSSR count). The third-order valence-corrected chi connectivity index (χ3v) is 4.73. The van der Waals surface area contributed by atoms with E-state index in [0.29, 0.717) is 0 Å². The zero-order valence-electron chi connectivity index (χ0n) is 13.1. The number of nitrogens with one attached hydrogen (secondary N) is 1. The zero-order chi connectivity index (χ0) is 17.2. The molecule has 2 aromatic carbocycles. The van der Waals surface area contributed by atoms with Crippen LogP contribution in [0.2, 0.25) is 0 Å². The fourth-order valence-electron chi connectivity index (χ4n) is 2.02. The third-order valence-electron chi connectivity index (χ3n) is 3.33. The van der Waals surface area contributed by atoms with Gasteiger partial charge in [0.05, 0.1) is 10.6 Å². The molecule has 6 heteroatoms. The highest BCUT2D eigenvalue weighted by Crippen LogP contribution is 2.20. The van der Waals surface area contributed by atoms with E-state index in [1.54, 1.807) is 12.1 Å². The van der Waals surface area contributed by atoms with E-state index in [2.05, 4.69) is 4.72 Å². The molecule has 1 N–H and O–H groups in total. The second-order valence-corrected chi connectivity index (χ2v) is 7.01. The topological polar surface area (TPSA) is 80.3 Å². The number of carbonyl (C=O) groups is 2. The molecular weight excluding hydrogens is 314 g/mol. The molecule has 0 aliphatic heterocycles. The highest BCUT2D eigenvalue weighted by Gasteiger charge is 2.16. The summed E-state index contributed by atoms with van der Waals surface area (Å²) < 4.78 is 27.2. The molecule has 2 aromatic rings. The standard InChI is InChI=1S/C17H17NO4S/c1-11-4-6-17(7-5-11)23(21,22)18-16-9-14(12(2)19)8-15(10-16)13(3)20/h4-10,18H,1-3H3. The molecule has 0 saturated carbocycles. The van der Waals surface area contributed by atoms with Gasteiger partial charge in [0, 0.05) is 11.1 Å². The van der Waals surface area contributed by atoms with E-state index in [1.807, 2.05) is 6.92 Å². The van der Waals surface area contributed by atoms with Crippen molar-refractivity contribution in [3.05, 3.63) is 59.2 Å². The van der Waals surface area contributed by atoms with E-state index in [0.717, 1.165) is 5.56 Å². The summed E-state index contributed by atoms with van der Waals surface area (Å²) in [5, 5.41) is 0. The van der Waals surface area contributed by atoms with Crippen molar-refractivity contribution in [1.29, 1.82) is 0 Å². The molecule has 0 unspecified atom stereocenters. The summed E-state index contributed by atoms with van der Waals surface area (Å²) in [5.74, 6) is -0.493. The molecule has 0 aliphatic carbocycles. The molecule has 0 saturated heterocycles. The van der Waals surface area contributed by atoms with Crippen molar-refractivity contribution in [2.24, 2.45) is 0 Å². The summed E-state index contributed by atoms with van der Waals surface area (Å²) >= 11 is 0. The van der Waals surface area contributed by atoms with Gasteiger partial charge in [-0.15, -0.1) is 0 Å². The van der Waals surface area contributed by atoms with Gasteiger partial charge in [0.2, 0.25) is 0 Å². The van der Waals surface area contributed by atoms with Crippen molar-refractivity contribution in [1.82, 2.24) is 0 Å². The van der Waals surface area contributed by atoms with Crippen LogP contribution in [0.1, 0.15) is 40.1 Å². The minimum Gasteiger partial charge on any atom is -0.295 e. The van der Waals surface area contributed by atoms with Crippen LogP contribution in [0.25, 0.3) is 0 Å². The highest BCUT2D eigenvalue weighted by molar-refractivity contribution is 7.92. The Morgan fingerprint density at radius 2 is 1.35 bits per heavy atom. The number of Topliss-reactive ketones (excluding diaryl/α,β-unsaturated/α-hetero) is 2. The number of carbonyl (C=O) groups excluding carboxylic acids is 2. The molecule has 5 nitrogen and oxygen atoms in total. The van der Waals surface area contributed by atoms with Crippen molar-refractivity contribution in [2.75, 3.05) is 4.72 Å². The summed E-state index contributed by atoms with van der Waals surface area (Å²) in [7, 11) is -3.79. The third kappa shape index (κ3) is 4.04. The summed E-state index contributed by atoms with van der Waals surface area (Å²) in [6.07, 6.45) is 0. The number of aryl methyl sites for hydroxylation is 1. The lowest BCUT2D eigenvalue weighted by molar-refractivity contribution is 0.101. The van der Waals surface area contributed by atoms with E-state index in [1.165, 1.54) is 44.2 Å². The molecule has 23 heavy (non-hydrogen) atoms. The summed E-state index contributed by atoms with van der Waals surface area (Å²) in [6, 6.07) is 10.7. The van der Waals surface area contributed by atoms with Crippen LogP contribution in [0.15, 0.2) is 47.4 Å². The molecule has 0 heterocycles. The molecule has 0 radical (unpaired) electrons. The van der Waals surface area contributed by atoms with E-state index < -0.39 is 10.0 Å². The largest absolute Gasteiger partial charge is 0.295 e. The molecular formula is C17H17NO4S. The minimum absolute atomic E-state index is 0.112. The van der Waals surface area contributed by atoms with E-state index in [-0.39, 0.29) is 33.3 Å². The van der Waals surface area contributed by atoms with Crippen LogP contribution < -0.4 is 4.72 Å². The average Bonchev–Trinajstić information content (AvgIpc) is 2.46. The lowest BCUT2D eigenvalue weighted by Crippen LogP contribution is -2.14. The maximum absolute atomic E-state index is 12.4. The molecule has 0 aliphatic rings. The van der Waals surface area contributed by atoms with Crippen LogP contribution in [-0.2, 0) is 10.0 Å². The van der Waals surface area contributed by atoms with Crippen molar-refractivity contribution in [3.8, 4) is 0 Å². The van der Waals surface area contributed by atoms with Crippen LogP contribution in [0, 0.1) is 6.92 Å². The Hall–Kier alpha value is -2.47. The van der Waals surface area contributed by atoms with Gasteiger partial charge < -0.3 is 0 Å². The monoisotopic (exact) mass is 331 g/mol. The van der Waals surface area contributed by atoms with Gasteiger partial charge in [-0.05, 0) is 51.1 Å². The Balaban J connectivity index is 2.44. The maximum Gasteiger partial charge on any atom is 0.261 e. The van der Waals surface area contributed by atoms with Gasteiger partial charge in [-0.25, -0.2) is 8.42 Å². The van der Waals surface area contributed by atoms with Crippen molar-refractivity contribution >= 4 is 27.3 Å². The van der Waals surface area contributed by atoms with Crippen LogP contribution in [0.4, 0.5) is 5.69 Å². The van der Waals surface area contributed by atoms with Gasteiger partial charge in [-0.2, -0.15) is 0 Å². The Morgan fingerprint density at radius 1 is 0.870 bits per heavy atom. The Kier molecular flexibility index (Phi) is 4.65. The first-order chi connectivity index (χ1) is 10.7. The lowest BCUT2D eigenvalue weighted by atomic mass is 10.0. The zero-order valence-corrected chi connectivity index (χ0v) is 13.9. The SMILES string of the molecule is CC(=O)c1cc(NS(=O)(=O)c2ccc(C)cc2)cc(C(C)=O)c1. The highest BCUT2D eigenvalue weighted by atomic mass is 32.2. The average molecular weight is 331 g/mol. The van der Waals surface area contributed by atoms with Gasteiger partial charge in [0.15, 0.2) is 11.6 Å². The smallest absolute Gasteiger partial charge is 0.261 e. The summed E-state index contributed by atoms with van der Waals surface area (Å²) in [4.78, 5) is 23.2. The van der Waals surface area contributed by atoms with Crippen LogP contribution >= 0.6 is 0 Å². The van der Waals surface area contributed by atoms with Crippen LogP contribution in [0.5, 0.6) is 0 Å². The number of hydrogen-bond donors (Lipinski definition) is 1. The number of rotatable bonds is 5. The van der Waals surface area contributed by atoms with Gasteiger partial charge in [0.25, 0.3) is 10.0 Å². The van der Waals surface area contributed by atoms with Gasteiger partial charge in [-0.3, -0.25) is 14.3 Å². The fraction of sp³-hybridized carbons (Fsp3) is 0.176. The number of sulfonamides is 1. The maximum atomic E-state index is 12.4. The summed E-state index contributed by atoms with van der Waals surface area (Å²) in [6.45, 7) is 4.58. The van der Waals surface area contributed by atoms with Gasteiger partial charge in [0.1, 0.15) is 0 Å². The number of ketones is 2. The fourth-order valence-corrected chi connectivity index (χ4v) is 3.06. The quantitative estimate of drug-likeness (QED) is 0.853. The number of hydrogen-bond acceptors (Lipinski definition) is 4. The first-order valence-corrected chi connectivity index (χ1v) is 8.44. The lowest BCUT2D eigenvalue weighted by Gasteiger charge is -2.11. The van der Waals surface area contributed by atoms with E-state index >= 15 is 0 Å². The minimum atomic E-state index is -3.79. The van der Waals surface area contributed by atoms with Gasteiger partial charge >= 0.3 is 0 Å². The van der Waals surface area contributed by atoms with Crippen LogP contribution in [0.3, 0.4) is 0 Å². The summed E-state index contributed by atoms with van der Waals surface area (Å²) in [5.41, 5.74) is 1.68. The Labute approximate surface area is 135 Å². The van der Waals surface area contributed by atoms with E-state index in [9.17, 15) is 18.0 Å². The van der Waals surface area contributed by atoms with E-state index in [4.69, 9.17) is 0 Å². The number of anilines is 1. The molecule has 120 valence electrons. The number of benzene rings is 2.